The van der Waals surface area contributed by atoms with E-state index in [1.807, 2.05) is 0 Å². The molecular weight excluding hydrogens is 408 g/mol. The maximum atomic E-state index is 13.2. The van der Waals surface area contributed by atoms with Gasteiger partial charge < -0.3 is 4.90 Å². The van der Waals surface area contributed by atoms with Crippen LogP contribution in [0.15, 0.2) is 21.9 Å². The third-order valence-corrected chi connectivity index (χ3v) is 9.34. The number of hydrogen-bond acceptors (Lipinski definition) is 6. The summed E-state index contributed by atoms with van der Waals surface area (Å²) in [6.07, 6.45) is 7.00. The summed E-state index contributed by atoms with van der Waals surface area (Å²) in [7, 11) is -3.25. The Bertz CT molecular complexity index is 1250. The number of nitrogens with zero attached hydrogens (tertiary/aromatic N) is 3. The minimum atomic E-state index is -3.25. The minimum absolute atomic E-state index is 0.0318. The molecule has 2 aliphatic carbocycles. The molecule has 9 nitrogen and oxygen atoms in total. The number of aromatic nitrogens is 3. The molecule has 5 rings (SSSR count). The molecule has 0 bridgehead atoms. The number of H-pyrrole nitrogens is 1. The predicted octanol–water partition coefficient (Wildman–Crippen LogP) is 0.993. The highest BCUT2D eigenvalue weighted by Crippen LogP contribution is 2.39. The Morgan fingerprint density at radius 1 is 1.17 bits per heavy atom. The van der Waals surface area contributed by atoms with Crippen LogP contribution in [-0.2, 0) is 9.84 Å². The van der Waals surface area contributed by atoms with E-state index in [0.717, 1.165) is 32.1 Å². The average Bonchev–Trinajstić information content (AvgIpc) is 3.55. The van der Waals surface area contributed by atoms with Gasteiger partial charge in [0.25, 0.3) is 11.5 Å². The zero-order valence-electron chi connectivity index (χ0n) is 16.6. The molecular formula is C20H24N4O5S. The molecule has 160 valence electrons. The van der Waals surface area contributed by atoms with Crippen LogP contribution in [0.4, 0.5) is 0 Å². The summed E-state index contributed by atoms with van der Waals surface area (Å²) in [5.41, 5.74) is -0.534. The number of carbonyl (C=O) groups is 1. The molecule has 0 unspecified atom stereocenters. The SMILES string of the molecule is O=C(c1cnc2c(c1)c(=O)[nH]c(=O)n2C1CC1)N1CCS(=O)(=O)C2(CCCCC2)C1. The first-order chi connectivity index (χ1) is 14.3. The fourth-order valence-electron chi connectivity index (χ4n) is 4.92. The van der Waals surface area contributed by atoms with Crippen molar-refractivity contribution >= 4 is 26.8 Å². The number of aromatic amines is 1. The predicted molar refractivity (Wildman–Crippen MR) is 110 cm³/mol. The highest BCUT2D eigenvalue weighted by molar-refractivity contribution is 7.92. The molecule has 3 fully saturated rings. The lowest BCUT2D eigenvalue weighted by atomic mass is 9.87. The first-order valence-corrected chi connectivity index (χ1v) is 12.1. The van der Waals surface area contributed by atoms with Crippen molar-refractivity contribution in [3.8, 4) is 0 Å². The maximum Gasteiger partial charge on any atom is 0.330 e. The van der Waals surface area contributed by atoms with Gasteiger partial charge in [0.1, 0.15) is 5.65 Å². The summed E-state index contributed by atoms with van der Waals surface area (Å²) in [4.78, 5) is 45.9. The lowest BCUT2D eigenvalue weighted by Crippen LogP contribution is -2.58. The monoisotopic (exact) mass is 432 g/mol. The molecule has 3 aliphatic rings. The van der Waals surface area contributed by atoms with Gasteiger partial charge in [-0.15, -0.1) is 0 Å². The van der Waals surface area contributed by atoms with Crippen molar-refractivity contribution in [1.82, 2.24) is 19.4 Å². The van der Waals surface area contributed by atoms with Gasteiger partial charge in [-0.2, -0.15) is 0 Å². The van der Waals surface area contributed by atoms with Crippen molar-refractivity contribution in [3.05, 3.63) is 38.7 Å². The largest absolute Gasteiger partial charge is 0.336 e. The van der Waals surface area contributed by atoms with E-state index in [1.165, 1.54) is 16.8 Å². The molecule has 1 spiro atoms. The van der Waals surface area contributed by atoms with E-state index < -0.39 is 25.8 Å². The lowest BCUT2D eigenvalue weighted by molar-refractivity contribution is 0.0723. The van der Waals surface area contributed by atoms with Crippen molar-refractivity contribution < 1.29 is 13.2 Å². The number of sulfone groups is 1. The number of carbonyl (C=O) groups excluding carboxylic acids is 1. The molecule has 1 aliphatic heterocycles. The average molecular weight is 433 g/mol. The van der Waals surface area contributed by atoms with Crippen LogP contribution in [0.25, 0.3) is 11.0 Å². The summed E-state index contributed by atoms with van der Waals surface area (Å²) in [5, 5.41) is 0.198. The Morgan fingerprint density at radius 3 is 2.60 bits per heavy atom. The summed E-state index contributed by atoms with van der Waals surface area (Å²) in [5.74, 6) is -0.366. The van der Waals surface area contributed by atoms with Crippen LogP contribution in [0.1, 0.15) is 61.3 Å². The van der Waals surface area contributed by atoms with Crippen LogP contribution >= 0.6 is 0 Å². The minimum Gasteiger partial charge on any atom is -0.336 e. The van der Waals surface area contributed by atoms with Gasteiger partial charge in [0, 0.05) is 25.3 Å². The number of pyridine rings is 1. The molecule has 30 heavy (non-hydrogen) atoms. The van der Waals surface area contributed by atoms with Crippen LogP contribution in [0.5, 0.6) is 0 Å². The Hall–Kier alpha value is -2.49. The Kier molecular flexibility index (Phi) is 4.39. The molecule has 1 N–H and O–H groups in total. The lowest BCUT2D eigenvalue weighted by Gasteiger charge is -2.44. The van der Waals surface area contributed by atoms with E-state index in [9.17, 15) is 22.8 Å². The third-order valence-electron chi connectivity index (χ3n) is 6.76. The Morgan fingerprint density at radius 2 is 1.90 bits per heavy atom. The van der Waals surface area contributed by atoms with Crippen LogP contribution in [-0.4, -0.2) is 57.3 Å². The first-order valence-electron chi connectivity index (χ1n) is 10.5. The van der Waals surface area contributed by atoms with Crippen molar-refractivity contribution in [3.63, 3.8) is 0 Å². The molecule has 0 aromatic carbocycles. The number of amides is 1. The highest BCUT2D eigenvalue weighted by atomic mass is 32.2. The number of rotatable bonds is 2. The Labute approximate surface area is 173 Å². The second kappa shape index (κ2) is 6.76. The van der Waals surface area contributed by atoms with Gasteiger partial charge in [-0.05, 0) is 31.7 Å². The summed E-state index contributed by atoms with van der Waals surface area (Å²) in [6, 6.07) is 1.50. The van der Waals surface area contributed by atoms with Crippen LogP contribution in [0.3, 0.4) is 0 Å². The van der Waals surface area contributed by atoms with Crippen LogP contribution < -0.4 is 11.2 Å². The molecule has 0 atom stereocenters. The summed E-state index contributed by atoms with van der Waals surface area (Å²) >= 11 is 0. The molecule has 2 aromatic rings. The number of fused-ring (bicyclic) bond motifs is 1. The fourth-order valence-corrected chi connectivity index (χ4v) is 7.08. The van der Waals surface area contributed by atoms with Gasteiger partial charge >= 0.3 is 5.69 Å². The van der Waals surface area contributed by atoms with Gasteiger partial charge in [0.2, 0.25) is 0 Å². The molecule has 2 aromatic heterocycles. The van der Waals surface area contributed by atoms with Gasteiger partial charge in [-0.3, -0.25) is 19.1 Å². The topological polar surface area (TPSA) is 122 Å². The van der Waals surface area contributed by atoms with Crippen molar-refractivity contribution in [2.75, 3.05) is 18.8 Å². The zero-order chi connectivity index (χ0) is 21.1. The molecule has 1 saturated heterocycles. The van der Waals surface area contributed by atoms with Crippen molar-refractivity contribution in [1.29, 1.82) is 0 Å². The second-order valence-corrected chi connectivity index (χ2v) is 11.2. The molecule has 1 amide bonds. The van der Waals surface area contributed by atoms with Crippen molar-refractivity contribution in [2.45, 2.75) is 55.7 Å². The van der Waals surface area contributed by atoms with E-state index in [4.69, 9.17) is 0 Å². The number of nitrogens with one attached hydrogen (secondary N) is 1. The van der Waals surface area contributed by atoms with Gasteiger partial charge in [-0.25, -0.2) is 18.2 Å². The summed E-state index contributed by atoms with van der Waals surface area (Å²) in [6.45, 7) is 0.322. The van der Waals surface area contributed by atoms with E-state index in [1.54, 1.807) is 4.90 Å². The smallest absolute Gasteiger partial charge is 0.330 e. The Balaban J connectivity index is 1.51. The fraction of sp³-hybridized carbons (Fsp3) is 0.600. The van der Waals surface area contributed by atoms with Gasteiger partial charge in [-0.1, -0.05) is 19.3 Å². The van der Waals surface area contributed by atoms with Crippen molar-refractivity contribution in [2.24, 2.45) is 0 Å². The quantitative estimate of drug-likeness (QED) is 0.755. The first kappa shape index (κ1) is 19.5. The molecule has 3 heterocycles. The molecule has 0 radical (unpaired) electrons. The van der Waals surface area contributed by atoms with E-state index in [0.29, 0.717) is 12.8 Å². The number of hydrogen-bond donors (Lipinski definition) is 1. The van der Waals surface area contributed by atoms with Crippen LogP contribution in [0.2, 0.25) is 0 Å². The highest BCUT2D eigenvalue weighted by Gasteiger charge is 2.49. The zero-order valence-corrected chi connectivity index (χ0v) is 17.4. The van der Waals surface area contributed by atoms with Gasteiger partial charge in [0.05, 0.1) is 21.4 Å². The van der Waals surface area contributed by atoms with Crippen LogP contribution in [0, 0.1) is 0 Å². The maximum absolute atomic E-state index is 13.2. The second-order valence-electron chi connectivity index (χ2n) is 8.74. The van der Waals surface area contributed by atoms with E-state index in [2.05, 4.69) is 9.97 Å². The summed E-state index contributed by atoms with van der Waals surface area (Å²) < 4.78 is 26.2. The molecule has 2 saturated carbocycles. The molecule has 10 heteroatoms. The normalized spacial score (nSPS) is 23.0. The van der Waals surface area contributed by atoms with Gasteiger partial charge in [0.15, 0.2) is 9.84 Å². The van der Waals surface area contributed by atoms with E-state index in [-0.39, 0.29) is 47.4 Å². The third kappa shape index (κ3) is 3.00. The standard InChI is InChI=1S/C20H24N4O5S/c25-17-15-10-13(11-21-16(15)24(14-4-5-14)19(27)22-17)18(26)23-8-9-30(28,29)20(12-23)6-2-1-3-7-20/h10-11,14H,1-9,12H2,(H,22,25,27). The van der Waals surface area contributed by atoms with E-state index >= 15 is 0 Å².